The molecule has 6 nitrogen and oxygen atoms in total. The molecule has 0 aliphatic carbocycles. The minimum Gasteiger partial charge on any atom is -0.387 e. The molecule has 3 N–H and O–H groups in total. The van der Waals surface area contributed by atoms with E-state index in [9.17, 15) is 22.7 Å². The second kappa shape index (κ2) is 9.07. The van der Waals surface area contributed by atoms with Crippen LogP contribution in [0, 0.1) is 19.7 Å². The van der Waals surface area contributed by atoms with E-state index in [1.807, 2.05) is 6.07 Å². The van der Waals surface area contributed by atoms with Crippen molar-refractivity contribution in [3.8, 4) is 0 Å². The minimum atomic E-state index is -3.70. The highest BCUT2D eigenvalue weighted by molar-refractivity contribution is 7.89. The summed E-state index contributed by atoms with van der Waals surface area (Å²) in [7, 11) is -3.70. The summed E-state index contributed by atoms with van der Waals surface area (Å²) in [5, 5.41) is 12.5. The van der Waals surface area contributed by atoms with Gasteiger partial charge in [-0.05, 0) is 48.7 Å². The van der Waals surface area contributed by atoms with Crippen LogP contribution in [0.2, 0.25) is 0 Å². The normalized spacial score (nSPS) is 12.6. The van der Waals surface area contributed by atoms with Crippen molar-refractivity contribution in [2.45, 2.75) is 31.3 Å². The van der Waals surface area contributed by atoms with E-state index in [4.69, 9.17) is 0 Å². The Balaban J connectivity index is 1.81. The average Bonchev–Trinajstić information content (AvgIpc) is 2.62. The van der Waals surface area contributed by atoms with Gasteiger partial charge < -0.3 is 10.4 Å². The maximum Gasteiger partial charge on any atom is 0.240 e. The highest BCUT2D eigenvalue weighted by Gasteiger charge is 2.17. The largest absolute Gasteiger partial charge is 0.387 e. The van der Waals surface area contributed by atoms with Crippen molar-refractivity contribution < 1.29 is 22.7 Å². The maximum absolute atomic E-state index is 12.9. The number of hydrogen-bond donors (Lipinski definition) is 3. The topological polar surface area (TPSA) is 95.5 Å². The zero-order valence-electron chi connectivity index (χ0n) is 15.2. The van der Waals surface area contributed by atoms with Gasteiger partial charge in [-0.1, -0.05) is 24.3 Å². The first-order chi connectivity index (χ1) is 12.7. The van der Waals surface area contributed by atoms with E-state index < -0.39 is 27.9 Å². The van der Waals surface area contributed by atoms with Gasteiger partial charge in [0.1, 0.15) is 5.82 Å². The quantitative estimate of drug-likeness (QED) is 0.638. The van der Waals surface area contributed by atoms with Crippen LogP contribution in [0.25, 0.3) is 0 Å². The van der Waals surface area contributed by atoms with Gasteiger partial charge in [-0.15, -0.1) is 0 Å². The van der Waals surface area contributed by atoms with Crippen molar-refractivity contribution in [2.24, 2.45) is 0 Å². The molecule has 0 heterocycles. The standard InChI is InChI=1S/C19H23FN2O4S/c1-13-3-4-14(2)18(11-13)27(25,26)22-10-9-19(24)21-12-17(23)15-5-7-16(20)8-6-15/h3-8,11,17,22-23H,9-10,12H2,1-2H3,(H,21,24). The van der Waals surface area contributed by atoms with Gasteiger partial charge in [0, 0.05) is 19.5 Å². The fraction of sp³-hybridized carbons (Fsp3) is 0.316. The number of halogens is 1. The molecular weight excluding hydrogens is 371 g/mol. The molecule has 0 spiro atoms. The monoisotopic (exact) mass is 394 g/mol. The SMILES string of the molecule is Cc1ccc(C)c(S(=O)(=O)NCCC(=O)NCC(O)c2ccc(F)cc2)c1. The predicted octanol–water partition coefficient (Wildman–Crippen LogP) is 1.96. The van der Waals surface area contributed by atoms with Crippen molar-refractivity contribution in [3.63, 3.8) is 0 Å². The number of aliphatic hydroxyl groups is 1. The van der Waals surface area contributed by atoms with Crippen LogP contribution in [-0.4, -0.2) is 32.5 Å². The molecule has 1 atom stereocenters. The van der Waals surface area contributed by atoms with Crippen molar-refractivity contribution in [3.05, 3.63) is 65.0 Å². The van der Waals surface area contributed by atoms with Gasteiger partial charge in [0.2, 0.25) is 15.9 Å². The van der Waals surface area contributed by atoms with Crippen LogP contribution in [0.4, 0.5) is 4.39 Å². The summed E-state index contributed by atoms with van der Waals surface area (Å²) in [5.74, 6) is -0.814. The van der Waals surface area contributed by atoms with Crippen molar-refractivity contribution in [1.29, 1.82) is 0 Å². The fourth-order valence-corrected chi connectivity index (χ4v) is 3.83. The fourth-order valence-electron chi connectivity index (χ4n) is 2.48. The molecule has 2 aromatic carbocycles. The van der Waals surface area contributed by atoms with E-state index in [0.29, 0.717) is 11.1 Å². The van der Waals surface area contributed by atoms with E-state index in [2.05, 4.69) is 10.0 Å². The Morgan fingerprint density at radius 2 is 1.81 bits per heavy atom. The molecule has 0 fully saturated rings. The summed E-state index contributed by atoms with van der Waals surface area (Å²) < 4.78 is 40.0. The molecule has 0 saturated heterocycles. The minimum absolute atomic E-state index is 0.0474. The molecule has 146 valence electrons. The number of benzene rings is 2. The van der Waals surface area contributed by atoms with Gasteiger partial charge in [0.05, 0.1) is 11.0 Å². The molecule has 2 aromatic rings. The summed E-state index contributed by atoms with van der Waals surface area (Å²) in [4.78, 5) is 12.0. The van der Waals surface area contributed by atoms with Crippen LogP contribution in [0.5, 0.6) is 0 Å². The van der Waals surface area contributed by atoms with Gasteiger partial charge in [-0.3, -0.25) is 4.79 Å². The van der Waals surface area contributed by atoms with Crippen LogP contribution >= 0.6 is 0 Å². The number of aryl methyl sites for hydroxylation is 2. The summed E-state index contributed by atoms with van der Waals surface area (Å²) in [6, 6.07) is 10.5. The first-order valence-electron chi connectivity index (χ1n) is 8.46. The second-order valence-corrected chi connectivity index (χ2v) is 8.02. The van der Waals surface area contributed by atoms with E-state index in [1.54, 1.807) is 26.0 Å². The molecule has 0 radical (unpaired) electrons. The number of hydrogen-bond acceptors (Lipinski definition) is 4. The number of carbonyl (C=O) groups is 1. The third kappa shape index (κ3) is 6.13. The van der Waals surface area contributed by atoms with Gasteiger partial charge in [0.15, 0.2) is 0 Å². The predicted molar refractivity (Wildman–Crippen MR) is 100 cm³/mol. The lowest BCUT2D eigenvalue weighted by Crippen LogP contribution is -2.33. The lowest BCUT2D eigenvalue weighted by molar-refractivity contribution is -0.121. The molecule has 1 unspecified atom stereocenters. The Kier molecular flexibility index (Phi) is 7.06. The van der Waals surface area contributed by atoms with Crippen LogP contribution in [0.1, 0.15) is 29.2 Å². The lowest BCUT2D eigenvalue weighted by atomic mass is 10.1. The molecule has 2 rings (SSSR count). The van der Waals surface area contributed by atoms with E-state index in [0.717, 1.165) is 5.56 Å². The zero-order chi connectivity index (χ0) is 20.0. The Labute approximate surface area is 158 Å². The number of rotatable bonds is 8. The Bertz CT molecular complexity index is 898. The number of sulfonamides is 1. The van der Waals surface area contributed by atoms with Gasteiger partial charge in [0.25, 0.3) is 0 Å². The van der Waals surface area contributed by atoms with Crippen LogP contribution in [0.15, 0.2) is 47.4 Å². The maximum atomic E-state index is 12.9. The number of aliphatic hydroxyl groups excluding tert-OH is 1. The molecule has 0 bridgehead atoms. The molecule has 0 saturated carbocycles. The third-order valence-electron chi connectivity index (χ3n) is 4.02. The first-order valence-corrected chi connectivity index (χ1v) is 9.94. The summed E-state index contributed by atoms with van der Waals surface area (Å²) >= 11 is 0. The highest BCUT2D eigenvalue weighted by atomic mass is 32.2. The van der Waals surface area contributed by atoms with Crippen LogP contribution in [0.3, 0.4) is 0 Å². The zero-order valence-corrected chi connectivity index (χ0v) is 16.0. The van der Waals surface area contributed by atoms with Crippen molar-refractivity contribution in [1.82, 2.24) is 10.0 Å². The highest BCUT2D eigenvalue weighted by Crippen LogP contribution is 2.16. The number of carbonyl (C=O) groups excluding carboxylic acids is 1. The van der Waals surface area contributed by atoms with Crippen LogP contribution in [-0.2, 0) is 14.8 Å². The number of amides is 1. The molecule has 0 aliphatic rings. The first kappa shape index (κ1) is 21.0. The number of nitrogens with one attached hydrogen (secondary N) is 2. The summed E-state index contributed by atoms with van der Waals surface area (Å²) in [6.07, 6.45) is -1.04. The molecule has 1 amide bonds. The van der Waals surface area contributed by atoms with E-state index >= 15 is 0 Å². The smallest absolute Gasteiger partial charge is 0.240 e. The van der Waals surface area contributed by atoms with E-state index in [1.165, 1.54) is 24.3 Å². The Hall–Kier alpha value is -2.29. The Morgan fingerprint density at radius 1 is 1.15 bits per heavy atom. The second-order valence-electron chi connectivity index (χ2n) is 6.29. The van der Waals surface area contributed by atoms with Crippen molar-refractivity contribution >= 4 is 15.9 Å². The van der Waals surface area contributed by atoms with Gasteiger partial charge in [-0.2, -0.15) is 0 Å². The third-order valence-corrected chi connectivity index (χ3v) is 5.63. The van der Waals surface area contributed by atoms with Crippen LogP contribution < -0.4 is 10.0 Å². The van der Waals surface area contributed by atoms with Gasteiger partial charge in [-0.25, -0.2) is 17.5 Å². The molecule has 0 aromatic heterocycles. The lowest BCUT2D eigenvalue weighted by Gasteiger charge is -2.13. The Morgan fingerprint density at radius 3 is 2.48 bits per heavy atom. The molecule has 0 aliphatic heterocycles. The van der Waals surface area contributed by atoms with Crippen molar-refractivity contribution in [2.75, 3.05) is 13.1 Å². The molecule has 8 heteroatoms. The summed E-state index contributed by atoms with van der Waals surface area (Å²) in [5.41, 5.74) is 1.93. The summed E-state index contributed by atoms with van der Waals surface area (Å²) in [6.45, 7) is 3.40. The molecular formula is C19H23FN2O4S. The molecule has 27 heavy (non-hydrogen) atoms. The van der Waals surface area contributed by atoms with Gasteiger partial charge >= 0.3 is 0 Å². The average molecular weight is 394 g/mol. The van der Waals surface area contributed by atoms with E-state index in [-0.39, 0.29) is 24.4 Å².